The number of benzene rings is 1. The summed E-state index contributed by atoms with van der Waals surface area (Å²) in [6.07, 6.45) is 0. The first kappa shape index (κ1) is 12.1. The monoisotopic (exact) mass is 223 g/mol. The number of hydrogen-bond donors (Lipinski definition) is 1. The number of primary amides is 1. The summed E-state index contributed by atoms with van der Waals surface area (Å²) in [5.41, 5.74) is 7.76. The summed E-state index contributed by atoms with van der Waals surface area (Å²) in [7, 11) is 0. The minimum atomic E-state index is -0.556. The van der Waals surface area contributed by atoms with Crippen molar-refractivity contribution in [1.29, 1.82) is 0 Å². The van der Waals surface area contributed by atoms with Gasteiger partial charge in [0.15, 0.2) is 0 Å². The summed E-state index contributed by atoms with van der Waals surface area (Å²) in [6.45, 7) is 7.80. The zero-order valence-corrected chi connectivity index (χ0v) is 10.4. The van der Waals surface area contributed by atoms with Crippen LogP contribution in [0.3, 0.4) is 0 Å². The third-order valence-electron chi connectivity index (χ3n) is 2.29. The molecular formula is C12H17NOS. The second-order valence-electron chi connectivity index (χ2n) is 4.25. The highest BCUT2D eigenvalue weighted by Crippen LogP contribution is 2.34. The van der Waals surface area contributed by atoms with Crippen molar-refractivity contribution in [3.8, 4) is 0 Å². The molecule has 0 atom stereocenters. The molecule has 0 bridgehead atoms. The zero-order chi connectivity index (χ0) is 11.6. The fraction of sp³-hybridized carbons (Fsp3) is 0.417. The summed E-state index contributed by atoms with van der Waals surface area (Å²) in [4.78, 5) is 12.3. The normalized spacial score (nSPS) is 11.5. The van der Waals surface area contributed by atoms with Gasteiger partial charge in [-0.05, 0) is 39.3 Å². The molecule has 0 aromatic heterocycles. The lowest BCUT2D eigenvalue weighted by Gasteiger charge is -2.20. The van der Waals surface area contributed by atoms with Gasteiger partial charge in [0, 0.05) is 4.90 Å². The third kappa shape index (κ3) is 2.99. The summed E-state index contributed by atoms with van der Waals surface area (Å²) >= 11 is 1.51. The molecule has 0 aliphatic rings. The first-order valence-electron chi connectivity index (χ1n) is 4.89. The van der Waals surface area contributed by atoms with E-state index in [1.165, 1.54) is 22.9 Å². The maximum Gasteiger partial charge on any atom is 0.233 e. The second kappa shape index (κ2) is 4.27. The highest BCUT2D eigenvalue weighted by molar-refractivity contribution is 8.01. The number of thioether (sulfide) groups is 1. The van der Waals surface area contributed by atoms with Crippen molar-refractivity contribution >= 4 is 17.7 Å². The lowest BCUT2D eigenvalue weighted by molar-refractivity contribution is -0.119. The summed E-state index contributed by atoms with van der Waals surface area (Å²) in [5, 5.41) is 0. The molecule has 0 saturated heterocycles. The van der Waals surface area contributed by atoms with Gasteiger partial charge in [0.25, 0.3) is 0 Å². The number of nitrogens with two attached hydrogens (primary N) is 1. The molecule has 0 aliphatic carbocycles. The van der Waals surface area contributed by atoms with Crippen LogP contribution in [0.1, 0.15) is 25.0 Å². The smallest absolute Gasteiger partial charge is 0.233 e. The first-order chi connectivity index (χ1) is 6.83. The van der Waals surface area contributed by atoms with Crippen LogP contribution in [0.4, 0.5) is 0 Å². The van der Waals surface area contributed by atoms with Crippen LogP contribution in [-0.2, 0) is 4.79 Å². The molecule has 0 heterocycles. The van der Waals surface area contributed by atoms with E-state index in [0.29, 0.717) is 0 Å². The quantitative estimate of drug-likeness (QED) is 0.801. The van der Waals surface area contributed by atoms with E-state index in [2.05, 4.69) is 13.0 Å². The summed E-state index contributed by atoms with van der Waals surface area (Å²) < 4.78 is -0.556. The Bertz CT molecular complexity index is 385. The minimum absolute atomic E-state index is 0.285. The molecule has 0 aliphatic heterocycles. The van der Waals surface area contributed by atoms with Gasteiger partial charge in [0.1, 0.15) is 0 Å². The van der Waals surface area contributed by atoms with E-state index in [0.717, 1.165) is 4.90 Å². The molecule has 0 spiro atoms. The Morgan fingerprint density at radius 1 is 1.33 bits per heavy atom. The second-order valence-corrected chi connectivity index (χ2v) is 5.91. The maximum absolute atomic E-state index is 11.2. The van der Waals surface area contributed by atoms with Crippen LogP contribution in [0.25, 0.3) is 0 Å². The van der Waals surface area contributed by atoms with Crippen LogP contribution in [0.2, 0.25) is 0 Å². The highest BCUT2D eigenvalue weighted by Gasteiger charge is 2.26. The Kier molecular flexibility index (Phi) is 3.45. The summed E-state index contributed by atoms with van der Waals surface area (Å²) in [5.74, 6) is -0.285. The predicted molar refractivity (Wildman–Crippen MR) is 65.0 cm³/mol. The van der Waals surface area contributed by atoms with Gasteiger partial charge in [-0.25, -0.2) is 0 Å². The van der Waals surface area contributed by atoms with Crippen LogP contribution in [0.5, 0.6) is 0 Å². The molecule has 3 heteroatoms. The van der Waals surface area contributed by atoms with Crippen LogP contribution in [0, 0.1) is 13.8 Å². The van der Waals surface area contributed by atoms with E-state index < -0.39 is 4.75 Å². The van der Waals surface area contributed by atoms with Crippen molar-refractivity contribution in [2.75, 3.05) is 0 Å². The van der Waals surface area contributed by atoms with Gasteiger partial charge in [-0.3, -0.25) is 4.79 Å². The van der Waals surface area contributed by atoms with Crippen LogP contribution in [-0.4, -0.2) is 10.7 Å². The Morgan fingerprint density at radius 3 is 2.40 bits per heavy atom. The highest BCUT2D eigenvalue weighted by atomic mass is 32.2. The number of carbonyl (C=O) groups is 1. The Labute approximate surface area is 95.2 Å². The van der Waals surface area contributed by atoms with E-state index in [-0.39, 0.29) is 5.91 Å². The number of amides is 1. The number of hydrogen-bond acceptors (Lipinski definition) is 2. The molecule has 15 heavy (non-hydrogen) atoms. The topological polar surface area (TPSA) is 43.1 Å². The lowest BCUT2D eigenvalue weighted by Crippen LogP contribution is -2.34. The fourth-order valence-electron chi connectivity index (χ4n) is 1.24. The minimum Gasteiger partial charge on any atom is -0.368 e. The van der Waals surface area contributed by atoms with Crippen molar-refractivity contribution in [2.45, 2.75) is 37.3 Å². The molecule has 0 fully saturated rings. The van der Waals surface area contributed by atoms with Gasteiger partial charge in [-0.2, -0.15) is 0 Å². The van der Waals surface area contributed by atoms with Gasteiger partial charge in [0.05, 0.1) is 4.75 Å². The molecule has 1 aromatic rings. The Hall–Kier alpha value is -0.960. The average Bonchev–Trinajstić information content (AvgIpc) is 2.09. The number of aryl methyl sites for hydroxylation is 2. The Balaban J connectivity index is 2.95. The van der Waals surface area contributed by atoms with Crippen molar-refractivity contribution < 1.29 is 4.79 Å². The SMILES string of the molecule is Cc1ccc(SC(C)(C)C(N)=O)c(C)c1. The van der Waals surface area contributed by atoms with Crippen molar-refractivity contribution in [2.24, 2.45) is 5.73 Å². The van der Waals surface area contributed by atoms with Gasteiger partial charge < -0.3 is 5.73 Å². The lowest BCUT2D eigenvalue weighted by atomic mass is 10.2. The summed E-state index contributed by atoms with van der Waals surface area (Å²) in [6, 6.07) is 6.20. The van der Waals surface area contributed by atoms with E-state index in [9.17, 15) is 4.79 Å². The zero-order valence-electron chi connectivity index (χ0n) is 9.63. The molecule has 2 N–H and O–H groups in total. The van der Waals surface area contributed by atoms with Gasteiger partial charge >= 0.3 is 0 Å². The van der Waals surface area contributed by atoms with E-state index in [1.54, 1.807) is 0 Å². The molecule has 0 radical (unpaired) electrons. The molecule has 2 nitrogen and oxygen atoms in total. The van der Waals surface area contributed by atoms with Gasteiger partial charge in [0.2, 0.25) is 5.91 Å². The van der Waals surface area contributed by atoms with Crippen LogP contribution in [0.15, 0.2) is 23.1 Å². The Morgan fingerprint density at radius 2 is 1.93 bits per heavy atom. The standard InChI is InChI=1S/C12H17NOS/c1-8-5-6-10(9(2)7-8)15-12(3,4)11(13)14/h5-7H,1-4H3,(H2,13,14). The molecule has 1 rings (SSSR count). The van der Waals surface area contributed by atoms with E-state index >= 15 is 0 Å². The molecule has 1 amide bonds. The predicted octanol–water partition coefficient (Wildman–Crippen LogP) is 2.66. The van der Waals surface area contributed by atoms with Gasteiger partial charge in [-0.15, -0.1) is 11.8 Å². The van der Waals surface area contributed by atoms with Gasteiger partial charge in [-0.1, -0.05) is 17.7 Å². The molecule has 1 aromatic carbocycles. The maximum atomic E-state index is 11.2. The van der Waals surface area contributed by atoms with Crippen LogP contribution < -0.4 is 5.73 Å². The number of rotatable bonds is 3. The van der Waals surface area contributed by atoms with Crippen molar-refractivity contribution in [3.63, 3.8) is 0 Å². The third-order valence-corrected chi connectivity index (χ3v) is 3.68. The molecule has 82 valence electrons. The number of carbonyl (C=O) groups excluding carboxylic acids is 1. The fourth-order valence-corrected chi connectivity index (χ4v) is 2.25. The van der Waals surface area contributed by atoms with E-state index in [4.69, 9.17) is 5.73 Å². The molecular weight excluding hydrogens is 206 g/mol. The van der Waals surface area contributed by atoms with Crippen molar-refractivity contribution in [3.05, 3.63) is 29.3 Å². The van der Waals surface area contributed by atoms with Crippen LogP contribution >= 0.6 is 11.8 Å². The molecule has 0 saturated carbocycles. The largest absolute Gasteiger partial charge is 0.368 e. The van der Waals surface area contributed by atoms with Crippen molar-refractivity contribution in [1.82, 2.24) is 0 Å². The first-order valence-corrected chi connectivity index (χ1v) is 5.71. The molecule has 0 unspecified atom stereocenters. The van der Waals surface area contributed by atoms with E-state index in [1.807, 2.05) is 32.9 Å². The average molecular weight is 223 g/mol.